The molecule has 0 unspecified atom stereocenters. The van der Waals surface area contributed by atoms with Crippen LogP contribution in [-0.2, 0) is 19.1 Å². The number of ketones is 2. The highest BCUT2D eigenvalue weighted by Crippen LogP contribution is 2.67. The highest BCUT2D eigenvalue weighted by atomic mass is 16.5. The molecule has 162 valence electrons. The van der Waals surface area contributed by atoms with Crippen molar-refractivity contribution < 1.29 is 29.3 Å². The van der Waals surface area contributed by atoms with Gasteiger partial charge in [0.1, 0.15) is 24.1 Å². The average Bonchev–Trinajstić information content (AvgIpc) is 2.92. The highest BCUT2D eigenvalue weighted by molar-refractivity contribution is 5.92. The lowest BCUT2D eigenvalue weighted by atomic mass is 9.44. The molecule has 0 radical (unpaired) electrons. The van der Waals surface area contributed by atoms with Gasteiger partial charge in [-0.25, -0.2) is 0 Å². The van der Waals surface area contributed by atoms with Crippen molar-refractivity contribution in [3.8, 4) is 0 Å². The van der Waals surface area contributed by atoms with E-state index in [1.165, 1.54) is 6.92 Å². The zero-order valence-electron chi connectivity index (χ0n) is 17.8. The smallest absolute Gasteiger partial charge is 0.302 e. The minimum Gasteiger partial charge on any atom is -0.463 e. The van der Waals surface area contributed by atoms with Gasteiger partial charge in [-0.1, -0.05) is 13.8 Å². The van der Waals surface area contributed by atoms with Crippen LogP contribution in [0.3, 0.4) is 0 Å². The predicted molar refractivity (Wildman–Crippen MR) is 105 cm³/mol. The van der Waals surface area contributed by atoms with Crippen molar-refractivity contribution in [1.29, 1.82) is 0 Å². The van der Waals surface area contributed by atoms with Gasteiger partial charge in [0.05, 0.1) is 0 Å². The quantitative estimate of drug-likeness (QED) is 0.698. The first-order valence-corrected chi connectivity index (χ1v) is 11.1. The molecule has 0 saturated heterocycles. The summed E-state index contributed by atoms with van der Waals surface area (Å²) in [6.45, 7) is 4.89. The van der Waals surface area contributed by atoms with Gasteiger partial charge in [0.15, 0.2) is 5.78 Å². The summed E-state index contributed by atoms with van der Waals surface area (Å²) in [5.74, 6) is -0.0225. The molecular weight excluding hydrogens is 372 g/mol. The normalized spacial score (nSPS) is 49.0. The Hall–Kier alpha value is -1.27. The van der Waals surface area contributed by atoms with Crippen molar-refractivity contribution in [3.05, 3.63) is 0 Å². The van der Waals surface area contributed by atoms with Crippen molar-refractivity contribution in [2.24, 2.45) is 34.5 Å². The number of aliphatic hydroxyl groups is 2. The Morgan fingerprint density at radius 2 is 1.86 bits per heavy atom. The molecular formula is C23H34O6. The monoisotopic (exact) mass is 406 g/mol. The number of Topliss-reactive ketones (excluding diaryl/α,β-unsaturated/α-hetero) is 2. The molecule has 6 nitrogen and oxygen atoms in total. The SMILES string of the molecule is CC(=O)O[C@@H]1CC[C@@]2(C)[C@@H](CC[C@@H]3[C@@H]2C(=O)C[C@@]2(C)[C@H]3CC[C@]2(O)C(=O)CO)C1. The summed E-state index contributed by atoms with van der Waals surface area (Å²) in [6, 6.07) is 0. The molecule has 0 aromatic heterocycles. The number of carbonyl (C=O) groups excluding carboxylic acids is 3. The Labute approximate surface area is 172 Å². The Bertz CT molecular complexity index is 733. The van der Waals surface area contributed by atoms with Crippen LogP contribution in [0.15, 0.2) is 0 Å². The Morgan fingerprint density at radius 3 is 2.52 bits per heavy atom. The van der Waals surface area contributed by atoms with E-state index in [2.05, 4.69) is 6.92 Å². The molecule has 0 aromatic rings. The molecule has 2 N–H and O–H groups in total. The number of hydrogen-bond acceptors (Lipinski definition) is 6. The van der Waals surface area contributed by atoms with Crippen molar-refractivity contribution in [1.82, 2.24) is 0 Å². The number of rotatable bonds is 3. The van der Waals surface area contributed by atoms with Gasteiger partial charge < -0.3 is 14.9 Å². The molecule has 0 aliphatic heterocycles. The van der Waals surface area contributed by atoms with E-state index < -0.39 is 23.4 Å². The first-order valence-electron chi connectivity index (χ1n) is 11.1. The lowest BCUT2D eigenvalue weighted by Crippen LogP contribution is -2.62. The number of hydrogen-bond donors (Lipinski definition) is 2. The van der Waals surface area contributed by atoms with E-state index in [-0.39, 0.29) is 47.4 Å². The van der Waals surface area contributed by atoms with E-state index in [1.54, 1.807) is 0 Å². The second kappa shape index (κ2) is 6.88. The van der Waals surface area contributed by atoms with Gasteiger partial charge >= 0.3 is 5.97 Å². The standard InChI is InChI=1S/C23H34O6/c1-13(25)29-15-6-8-21(2)14(10-15)4-5-16-17-7-9-23(28,19(27)12-24)22(17,3)11-18(26)20(16)21/h14-17,20,24,28H,4-12H2,1-3H3/t14-,15+,16-,17-,20+,21-,22-,23-/m0/s1. The molecule has 4 saturated carbocycles. The van der Waals surface area contributed by atoms with Crippen LogP contribution in [0.5, 0.6) is 0 Å². The summed E-state index contributed by atoms with van der Waals surface area (Å²) in [4.78, 5) is 37.3. The fraction of sp³-hybridized carbons (Fsp3) is 0.870. The lowest BCUT2D eigenvalue weighted by molar-refractivity contribution is -0.182. The number of fused-ring (bicyclic) bond motifs is 5. The molecule has 4 aliphatic carbocycles. The van der Waals surface area contributed by atoms with Crippen LogP contribution < -0.4 is 0 Å². The van der Waals surface area contributed by atoms with Gasteiger partial charge in [-0.3, -0.25) is 14.4 Å². The second-order valence-corrected chi connectivity index (χ2v) is 10.6. The lowest BCUT2D eigenvalue weighted by Gasteiger charge is -2.60. The number of ether oxygens (including phenoxy) is 1. The molecule has 0 spiro atoms. The second-order valence-electron chi connectivity index (χ2n) is 10.6. The maximum Gasteiger partial charge on any atom is 0.302 e. The minimum absolute atomic E-state index is 0.0511. The zero-order valence-corrected chi connectivity index (χ0v) is 17.8. The molecule has 4 aliphatic rings. The van der Waals surface area contributed by atoms with E-state index in [4.69, 9.17) is 4.74 Å². The molecule has 4 rings (SSSR count). The third kappa shape index (κ3) is 2.85. The van der Waals surface area contributed by atoms with Crippen molar-refractivity contribution in [2.75, 3.05) is 6.61 Å². The van der Waals surface area contributed by atoms with Crippen LogP contribution in [0.25, 0.3) is 0 Å². The van der Waals surface area contributed by atoms with E-state index in [0.29, 0.717) is 12.3 Å². The van der Waals surface area contributed by atoms with Gasteiger partial charge in [-0.15, -0.1) is 0 Å². The largest absolute Gasteiger partial charge is 0.463 e. The van der Waals surface area contributed by atoms with Gasteiger partial charge in [-0.2, -0.15) is 0 Å². The fourth-order valence-electron chi connectivity index (χ4n) is 7.97. The van der Waals surface area contributed by atoms with Crippen LogP contribution in [-0.4, -0.2) is 46.1 Å². The fourth-order valence-corrected chi connectivity index (χ4v) is 7.97. The Morgan fingerprint density at radius 1 is 1.14 bits per heavy atom. The Balaban J connectivity index is 1.62. The van der Waals surface area contributed by atoms with E-state index in [1.807, 2.05) is 6.92 Å². The Kier molecular flexibility index (Phi) is 4.97. The molecule has 0 aromatic carbocycles. The third-order valence-corrected chi connectivity index (χ3v) is 9.40. The predicted octanol–water partition coefficient (Wildman–Crippen LogP) is 2.43. The van der Waals surface area contributed by atoms with Gasteiger partial charge in [0.2, 0.25) is 0 Å². The summed E-state index contributed by atoms with van der Waals surface area (Å²) >= 11 is 0. The number of esters is 1. The highest BCUT2D eigenvalue weighted by Gasteiger charge is 2.68. The van der Waals surface area contributed by atoms with Crippen LogP contribution in [0, 0.1) is 34.5 Å². The zero-order chi connectivity index (χ0) is 21.2. The maximum atomic E-state index is 13.5. The van der Waals surface area contributed by atoms with E-state index >= 15 is 0 Å². The number of carbonyl (C=O) groups is 3. The third-order valence-electron chi connectivity index (χ3n) is 9.40. The molecule has 0 bridgehead atoms. The number of aliphatic hydroxyl groups excluding tert-OH is 1. The van der Waals surface area contributed by atoms with E-state index in [0.717, 1.165) is 38.5 Å². The molecule has 6 heteroatoms. The minimum atomic E-state index is -1.60. The van der Waals surface area contributed by atoms with Gasteiger partial charge in [0, 0.05) is 24.7 Å². The summed E-state index contributed by atoms with van der Waals surface area (Å²) in [6.07, 6.45) is 5.59. The first-order chi connectivity index (χ1) is 13.6. The van der Waals surface area contributed by atoms with Crippen LogP contribution in [0.2, 0.25) is 0 Å². The average molecular weight is 407 g/mol. The maximum absolute atomic E-state index is 13.5. The summed E-state index contributed by atoms with van der Waals surface area (Å²) < 4.78 is 5.48. The molecule has 8 atom stereocenters. The topological polar surface area (TPSA) is 101 Å². The molecule has 29 heavy (non-hydrogen) atoms. The van der Waals surface area contributed by atoms with Crippen molar-refractivity contribution in [3.63, 3.8) is 0 Å². The van der Waals surface area contributed by atoms with Gasteiger partial charge in [-0.05, 0) is 68.1 Å². The van der Waals surface area contributed by atoms with Crippen molar-refractivity contribution in [2.45, 2.75) is 83.8 Å². The first kappa shape index (κ1) is 21.0. The van der Waals surface area contributed by atoms with Crippen molar-refractivity contribution >= 4 is 17.5 Å². The van der Waals surface area contributed by atoms with E-state index in [9.17, 15) is 24.6 Å². The summed E-state index contributed by atoms with van der Waals surface area (Å²) in [5.41, 5.74) is -2.50. The van der Waals surface area contributed by atoms with Crippen LogP contribution in [0.4, 0.5) is 0 Å². The molecule has 0 amide bonds. The molecule has 0 heterocycles. The van der Waals surface area contributed by atoms with Gasteiger partial charge in [0.25, 0.3) is 0 Å². The van der Waals surface area contributed by atoms with Crippen LogP contribution >= 0.6 is 0 Å². The summed E-state index contributed by atoms with van der Waals surface area (Å²) in [7, 11) is 0. The summed E-state index contributed by atoms with van der Waals surface area (Å²) in [5, 5.41) is 20.6. The van der Waals surface area contributed by atoms with Crippen LogP contribution in [0.1, 0.15) is 72.1 Å². The molecule has 4 fully saturated rings.